The minimum absolute atomic E-state index is 0.268. The summed E-state index contributed by atoms with van der Waals surface area (Å²) in [5.74, 6) is 0.965. The van der Waals surface area contributed by atoms with Crippen LogP contribution in [0.25, 0.3) is 10.6 Å². The monoisotopic (exact) mass is 477 g/mol. The molecule has 0 unspecified atom stereocenters. The molecule has 0 atom stereocenters. The molecule has 4 aromatic rings. The molecule has 0 aliphatic heterocycles. The van der Waals surface area contributed by atoms with Gasteiger partial charge in [0.05, 0.1) is 11.3 Å². The Morgan fingerprint density at radius 3 is 2.48 bits per heavy atom. The topological polar surface area (TPSA) is 33.1 Å². The molecule has 160 valence electrons. The Bertz CT molecular complexity index is 1170. The third-order valence-electron chi connectivity index (χ3n) is 4.73. The average molecular weight is 478 g/mol. The first-order chi connectivity index (χ1) is 14.8. The van der Waals surface area contributed by atoms with Crippen molar-refractivity contribution in [2.45, 2.75) is 30.2 Å². The number of benzene rings is 2. The van der Waals surface area contributed by atoms with E-state index in [0.717, 1.165) is 38.2 Å². The fraction of sp³-hybridized carbons (Fsp3) is 0.174. The molecule has 31 heavy (non-hydrogen) atoms. The van der Waals surface area contributed by atoms with Crippen LogP contribution in [0, 0.1) is 6.92 Å². The van der Waals surface area contributed by atoms with E-state index in [2.05, 4.69) is 11.4 Å². The zero-order valence-electron chi connectivity index (χ0n) is 16.4. The van der Waals surface area contributed by atoms with Crippen LogP contribution in [0.2, 0.25) is 0 Å². The van der Waals surface area contributed by atoms with E-state index in [1.165, 1.54) is 29.0 Å². The molecule has 2 aromatic carbocycles. The predicted molar refractivity (Wildman–Crippen MR) is 122 cm³/mol. The number of aryl methyl sites for hydroxylation is 1. The normalized spacial score (nSPS) is 11.7. The second-order valence-corrected chi connectivity index (χ2v) is 9.92. The molecule has 8 heteroatoms. The molecule has 2 nitrogen and oxygen atoms in total. The van der Waals surface area contributed by atoms with Crippen LogP contribution in [0.1, 0.15) is 27.3 Å². The summed E-state index contributed by atoms with van der Waals surface area (Å²) in [5.41, 5.74) is 2.95. The Morgan fingerprint density at radius 1 is 1.06 bits per heavy atom. The van der Waals surface area contributed by atoms with E-state index >= 15 is 0 Å². The Hall–Kier alpha value is -2.29. The zero-order valence-corrected chi connectivity index (χ0v) is 18.9. The first-order valence-electron chi connectivity index (χ1n) is 9.39. The van der Waals surface area contributed by atoms with Crippen molar-refractivity contribution in [1.29, 1.82) is 0 Å². The molecule has 0 aliphatic carbocycles. The van der Waals surface area contributed by atoms with Gasteiger partial charge in [-0.25, -0.2) is 4.98 Å². The van der Waals surface area contributed by atoms with Gasteiger partial charge in [0.15, 0.2) is 0 Å². The van der Waals surface area contributed by atoms with Gasteiger partial charge in [-0.05, 0) is 65.2 Å². The quantitative estimate of drug-likeness (QED) is 0.288. The molecular formula is C23H18F3NOS3. The van der Waals surface area contributed by atoms with Gasteiger partial charge in [0.25, 0.3) is 0 Å². The lowest BCUT2D eigenvalue weighted by atomic mass is 10.1. The molecule has 2 aromatic heterocycles. The number of phenolic OH excluding ortho intramolecular Hbond substituents is 1. The molecule has 0 fully saturated rings. The molecule has 0 amide bonds. The number of hydrogen-bond donors (Lipinski definition) is 1. The fourth-order valence-corrected chi connectivity index (χ4v) is 5.86. The van der Waals surface area contributed by atoms with Crippen molar-refractivity contribution in [3.05, 3.63) is 86.6 Å². The van der Waals surface area contributed by atoms with Crippen molar-refractivity contribution in [1.82, 2.24) is 4.98 Å². The van der Waals surface area contributed by atoms with Gasteiger partial charge in [-0.15, -0.1) is 23.1 Å². The lowest BCUT2D eigenvalue weighted by molar-refractivity contribution is -0.137. The highest BCUT2D eigenvalue weighted by atomic mass is 32.2. The number of thiazole rings is 1. The van der Waals surface area contributed by atoms with E-state index in [1.807, 2.05) is 24.4 Å². The maximum absolute atomic E-state index is 12.9. The number of rotatable bonds is 6. The smallest absolute Gasteiger partial charge is 0.416 e. The average Bonchev–Trinajstić information content (AvgIpc) is 3.39. The van der Waals surface area contributed by atoms with Crippen LogP contribution in [0.15, 0.2) is 64.2 Å². The van der Waals surface area contributed by atoms with E-state index in [1.54, 1.807) is 29.2 Å². The molecule has 0 spiro atoms. The van der Waals surface area contributed by atoms with E-state index in [9.17, 15) is 18.3 Å². The number of aromatic hydroxyl groups is 1. The SMILES string of the molecule is Cc1cc(SCc2sc(-c3ccc(C(F)(F)F)cc3)nc2Cc2ccsc2)ccc1O. The number of thiophene rings is 1. The van der Waals surface area contributed by atoms with Gasteiger partial charge in [-0.1, -0.05) is 12.1 Å². The lowest BCUT2D eigenvalue weighted by Gasteiger charge is -2.06. The number of hydrogen-bond acceptors (Lipinski definition) is 5. The minimum Gasteiger partial charge on any atom is -0.508 e. The molecule has 0 radical (unpaired) electrons. The summed E-state index contributed by atoms with van der Waals surface area (Å²) in [6, 6.07) is 12.7. The highest BCUT2D eigenvalue weighted by Crippen LogP contribution is 2.36. The third-order valence-corrected chi connectivity index (χ3v) is 7.81. The van der Waals surface area contributed by atoms with Gasteiger partial charge in [0.1, 0.15) is 10.8 Å². The molecular weight excluding hydrogens is 459 g/mol. The van der Waals surface area contributed by atoms with Gasteiger partial charge in [0, 0.05) is 27.5 Å². The van der Waals surface area contributed by atoms with Crippen molar-refractivity contribution in [2.24, 2.45) is 0 Å². The highest BCUT2D eigenvalue weighted by Gasteiger charge is 2.30. The summed E-state index contributed by atoms with van der Waals surface area (Å²) < 4.78 is 38.7. The van der Waals surface area contributed by atoms with Gasteiger partial charge in [-0.2, -0.15) is 24.5 Å². The largest absolute Gasteiger partial charge is 0.508 e. The Balaban J connectivity index is 1.61. The van der Waals surface area contributed by atoms with Gasteiger partial charge in [0.2, 0.25) is 0 Å². The van der Waals surface area contributed by atoms with Crippen molar-refractivity contribution < 1.29 is 18.3 Å². The molecule has 0 saturated heterocycles. The Labute approximate surface area is 190 Å². The van der Waals surface area contributed by atoms with Crippen LogP contribution in [-0.2, 0) is 18.3 Å². The fourth-order valence-electron chi connectivity index (χ4n) is 3.01. The molecule has 0 aliphatic rings. The summed E-state index contributed by atoms with van der Waals surface area (Å²) in [5, 5.41) is 14.5. The predicted octanol–water partition coefficient (Wildman–Crippen LogP) is 7.79. The van der Waals surface area contributed by atoms with Crippen LogP contribution < -0.4 is 0 Å². The van der Waals surface area contributed by atoms with E-state index in [-0.39, 0.29) is 5.75 Å². The van der Waals surface area contributed by atoms with Gasteiger partial charge in [-0.3, -0.25) is 0 Å². The van der Waals surface area contributed by atoms with Crippen molar-refractivity contribution >= 4 is 34.4 Å². The van der Waals surface area contributed by atoms with Crippen LogP contribution >= 0.6 is 34.4 Å². The summed E-state index contributed by atoms with van der Waals surface area (Å²) in [6.07, 6.45) is -3.67. The maximum atomic E-state index is 12.9. The summed E-state index contributed by atoms with van der Waals surface area (Å²) in [6.45, 7) is 1.86. The summed E-state index contributed by atoms with van der Waals surface area (Å²) in [7, 11) is 0. The van der Waals surface area contributed by atoms with Crippen LogP contribution in [0.5, 0.6) is 5.75 Å². The molecule has 0 saturated carbocycles. The number of halogens is 3. The van der Waals surface area contributed by atoms with Crippen LogP contribution in [0.4, 0.5) is 13.2 Å². The van der Waals surface area contributed by atoms with Gasteiger partial charge < -0.3 is 5.11 Å². The van der Waals surface area contributed by atoms with Crippen molar-refractivity contribution in [2.75, 3.05) is 0 Å². The number of phenols is 1. The summed E-state index contributed by atoms with van der Waals surface area (Å²) in [4.78, 5) is 6.92. The molecule has 0 bridgehead atoms. The first kappa shape index (κ1) is 21.9. The van der Waals surface area contributed by atoms with Crippen LogP contribution in [0.3, 0.4) is 0 Å². The molecule has 4 rings (SSSR count). The van der Waals surface area contributed by atoms with E-state index in [4.69, 9.17) is 4.98 Å². The lowest BCUT2D eigenvalue weighted by Crippen LogP contribution is -2.03. The zero-order chi connectivity index (χ0) is 22.0. The third kappa shape index (κ3) is 5.31. The van der Waals surface area contributed by atoms with Gasteiger partial charge >= 0.3 is 6.18 Å². The van der Waals surface area contributed by atoms with Crippen molar-refractivity contribution in [3.63, 3.8) is 0 Å². The second-order valence-electron chi connectivity index (χ2n) is 7.01. The minimum atomic E-state index is -4.35. The van der Waals surface area contributed by atoms with E-state index in [0.29, 0.717) is 17.7 Å². The summed E-state index contributed by atoms with van der Waals surface area (Å²) >= 11 is 4.79. The molecule has 2 heterocycles. The maximum Gasteiger partial charge on any atom is 0.416 e. The number of nitrogens with zero attached hydrogens (tertiary/aromatic N) is 1. The Kier molecular flexibility index (Phi) is 6.41. The Morgan fingerprint density at radius 2 is 1.84 bits per heavy atom. The molecule has 1 N–H and O–H groups in total. The van der Waals surface area contributed by atoms with Crippen LogP contribution in [-0.4, -0.2) is 10.1 Å². The number of aromatic nitrogens is 1. The highest BCUT2D eigenvalue weighted by molar-refractivity contribution is 7.98. The van der Waals surface area contributed by atoms with E-state index < -0.39 is 11.7 Å². The first-order valence-corrected chi connectivity index (χ1v) is 12.1. The number of thioether (sulfide) groups is 1. The second kappa shape index (κ2) is 9.06. The standard InChI is InChI=1S/C23H18F3NOS3/c1-14-10-18(6-7-20(14)28)30-13-21-19(11-15-8-9-29-12-15)27-22(31-21)16-2-4-17(5-3-16)23(24,25)26/h2-10,12,28H,11,13H2,1H3. The van der Waals surface area contributed by atoms with Crippen molar-refractivity contribution in [3.8, 4) is 16.3 Å². The number of alkyl halides is 3.